The predicted octanol–water partition coefficient (Wildman–Crippen LogP) is 3.16. The Bertz CT molecular complexity index is 819. The number of nitrogens with one attached hydrogen (secondary N) is 1. The average molecular weight is 339 g/mol. The van der Waals surface area contributed by atoms with Gasteiger partial charge in [0.15, 0.2) is 0 Å². The van der Waals surface area contributed by atoms with E-state index in [4.69, 9.17) is 4.74 Å². The summed E-state index contributed by atoms with van der Waals surface area (Å²) >= 11 is 0. The van der Waals surface area contributed by atoms with E-state index in [0.717, 1.165) is 16.8 Å². The van der Waals surface area contributed by atoms with Crippen LogP contribution >= 0.6 is 0 Å². The molecule has 2 heterocycles. The van der Waals surface area contributed by atoms with Gasteiger partial charge < -0.3 is 15.0 Å². The molecule has 1 atom stereocenters. The first-order valence-corrected chi connectivity index (χ1v) is 8.20. The lowest BCUT2D eigenvalue weighted by molar-refractivity contribution is 0.0535. The van der Waals surface area contributed by atoms with Crippen LogP contribution in [-0.4, -0.2) is 35.0 Å². The highest BCUT2D eigenvalue weighted by atomic mass is 16.5. The Morgan fingerprint density at radius 3 is 2.96 bits per heavy atom. The average Bonchev–Trinajstić information content (AvgIpc) is 2.96. The fourth-order valence-corrected chi connectivity index (χ4v) is 2.77. The van der Waals surface area contributed by atoms with Crippen LogP contribution in [0, 0.1) is 6.92 Å². The van der Waals surface area contributed by atoms with Crippen LogP contribution in [0.4, 0.5) is 10.5 Å². The molecule has 0 saturated heterocycles. The summed E-state index contributed by atoms with van der Waals surface area (Å²) in [7, 11) is 1.76. The maximum Gasteiger partial charge on any atom is 0.338 e. The number of hydrogen-bond donors (Lipinski definition) is 1. The number of likely N-dealkylation sites (N-methyl/N-ethyl adjacent to an activating group) is 1. The lowest BCUT2D eigenvalue weighted by Crippen LogP contribution is -2.39. The lowest BCUT2D eigenvalue weighted by Gasteiger charge is -2.25. The van der Waals surface area contributed by atoms with Crippen LogP contribution < -0.4 is 5.32 Å². The van der Waals surface area contributed by atoms with Gasteiger partial charge in [-0.15, -0.1) is 0 Å². The first-order chi connectivity index (χ1) is 12.0. The largest absolute Gasteiger partial charge is 0.457 e. The number of nitrogens with zero attached hydrogens (tertiary/aromatic N) is 2. The Morgan fingerprint density at radius 2 is 2.20 bits per heavy atom. The number of benzene rings is 1. The zero-order valence-electron chi connectivity index (χ0n) is 14.6. The molecule has 2 amide bonds. The van der Waals surface area contributed by atoms with Crippen LogP contribution in [0.5, 0.6) is 0 Å². The van der Waals surface area contributed by atoms with E-state index in [1.807, 2.05) is 26.0 Å². The Balaban J connectivity index is 1.64. The number of urea groups is 1. The van der Waals surface area contributed by atoms with Crippen molar-refractivity contribution >= 4 is 17.7 Å². The molecule has 2 aromatic rings. The summed E-state index contributed by atoms with van der Waals surface area (Å²) in [6, 6.07) is 8.88. The summed E-state index contributed by atoms with van der Waals surface area (Å²) in [6.45, 7) is 4.26. The molecule has 0 spiro atoms. The van der Waals surface area contributed by atoms with E-state index < -0.39 is 0 Å². The van der Waals surface area contributed by atoms with Crippen molar-refractivity contribution in [2.24, 2.45) is 0 Å². The van der Waals surface area contributed by atoms with Gasteiger partial charge in [0.05, 0.1) is 5.56 Å². The van der Waals surface area contributed by atoms with E-state index in [-0.39, 0.29) is 24.6 Å². The molecule has 3 rings (SSSR count). The summed E-state index contributed by atoms with van der Waals surface area (Å²) in [5, 5.41) is 2.87. The molecule has 6 nitrogen and oxygen atoms in total. The van der Waals surface area contributed by atoms with Gasteiger partial charge in [0.25, 0.3) is 0 Å². The lowest BCUT2D eigenvalue weighted by atomic mass is 10.1. The standard InChI is InChI=1S/C19H21N3O3/c1-12-5-4-8-20-17(12)9-13(2)22(3)19(24)21-15-6-7-16-14(10-15)11-25-18(16)23/h4-8,10,13H,9,11H2,1-3H3,(H,21,24)/t13-/m1/s1. The number of carbonyl (C=O) groups excluding carboxylic acids is 2. The second-order valence-corrected chi connectivity index (χ2v) is 6.31. The van der Waals surface area contributed by atoms with Crippen molar-refractivity contribution in [1.29, 1.82) is 0 Å². The smallest absolute Gasteiger partial charge is 0.338 e. The van der Waals surface area contributed by atoms with Crippen LogP contribution in [0.1, 0.15) is 34.1 Å². The van der Waals surface area contributed by atoms with Gasteiger partial charge in [0, 0.05) is 42.7 Å². The zero-order chi connectivity index (χ0) is 18.0. The summed E-state index contributed by atoms with van der Waals surface area (Å²) in [6.07, 6.45) is 2.45. The number of esters is 1. The van der Waals surface area contributed by atoms with Crippen molar-refractivity contribution < 1.29 is 14.3 Å². The van der Waals surface area contributed by atoms with E-state index in [1.165, 1.54) is 0 Å². The third-order valence-electron chi connectivity index (χ3n) is 4.52. The molecule has 130 valence electrons. The SMILES string of the molecule is Cc1cccnc1C[C@@H](C)N(C)C(=O)Nc1ccc2c(c1)COC2=O. The van der Waals surface area contributed by atoms with Gasteiger partial charge in [-0.25, -0.2) is 9.59 Å². The Hall–Kier alpha value is -2.89. The summed E-state index contributed by atoms with van der Waals surface area (Å²) in [4.78, 5) is 30.0. The number of aryl methyl sites for hydroxylation is 1. The molecule has 1 aromatic heterocycles. The molecule has 0 bridgehead atoms. The Kier molecular flexibility index (Phi) is 4.70. The van der Waals surface area contributed by atoms with Crippen LogP contribution in [0.25, 0.3) is 0 Å². The van der Waals surface area contributed by atoms with Crippen molar-refractivity contribution in [3.05, 3.63) is 58.9 Å². The van der Waals surface area contributed by atoms with E-state index in [0.29, 0.717) is 17.7 Å². The molecule has 25 heavy (non-hydrogen) atoms. The molecular weight excluding hydrogens is 318 g/mol. The summed E-state index contributed by atoms with van der Waals surface area (Å²) in [5.74, 6) is -0.315. The van der Waals surface area contributed by atoms with Crippen molar-refractivity contribution in [2.45, 2.75) is 32.9 Å². The van der Waals surface area contributed by atoms with E-state index in [2.05, 4.69) is 10.3 Å². The molecule has 0 fully saturated rings. The quantitative estimate of drug-likeness (QED) is 0.869. The van der Waals surface area contributed by atoms with Gasteiger partial charge in [-0.2, -0.15) is 0 Å². The van der Waals surface area contributed by atoms with Gasteiger partial charge >= 0.3 is 12.0 Å². The first-order valence-electron chi connectivity index (χ1n) is 8.20. The minimum Gasteiger partial charge on any atom is -0.457 e. The number of anilines is 1. The zero-order valence-corrected chi connectivity index (χ0v) is 14.6. The number of fused-ring (bicyclic) bond motifs is 1. The van der Waals surface area contributed by atoms with E-state index in [1.54, 1.807) is 36.3 Å². The number of aromatic nitrogens is 1. The Morgan fingerprint density at radius 1 is 1.40 bits per heavy atom. The van der Waals surface area contributed by atoms with Gasteiger partial charge in [0.2, 0.25) is 0 Å². The van der Waals surface area contributed by atoms with E-state index in [9.17, 15) is 9.59 Å². The molecule has 0 saturated carbocycles. The highest BCUT2D eigenvalue weighted by molar-refractivity contribution is 5.95. The van der Waals surface area contributed by atoms with Crippen molar-refractivity contribution in [3.8, 4) is 0 Å². The van der Waals surface area contributed by atoms with Crippen molar-refractivity contribution in [2.75, 3.05) is 12.4 Å². The molecular formula is C19H21N3O3. The number of cyclic esters (lactones) is 1. The van der Waals surface area contributed by atoms with Gasteiger partial charge in [-0.1, -0.05) is 6.07 Å². The summed E-state index contributed by atoms with van der Waals surface area (Å²) in [5.41, 5.74) is 4.11. The highest BCUT2D eigenvalue weighted by Gasteiger charge is 2.22. The van der Waals surface area contributed by atoms with Crippen molar-refractivity contribution in [1.82, 2.24) is 9.88 Å². The molecule has 1 aliphatic rings. The Labute approximate surface area is 146 Å². The first kappa shape index (κ1) is 17.0. The highest BCUT2D eigenvalue weighted by Crippen LogP contribution is 2.23. The fourth-order valence-electron chi connectivity index (χ4n) is 2.77. The molecule has 6 heteroatoms. The molecule has 0 radical (unpaired) electrons. The second kappa shape index (κ2) is 6.93. The number of amides is 2. The van der Waals surface area contributed by atoms with Crippen LogP contribution in [0.15, 0.2) is 36.5 Å². The van der Waals surface area contributed by atoms with Gasteiger partial charge in [-0.05, 0) is 43.7 Å². The predicted molar refractivity (Wildman–Crippen MR) is 94.5 cm³/mol. The fraction of sp³-hybridized carbons (Fsp3) is 0.316. The minimum absolute atomic E-state index is 0.00654. The number of rotatable bonds is 4. The molecule has 1 aliphatic heterocycles. The van der Waals surface area contributed by atoms with E-state index >= 15 is 0 Å². The topological polar surface area (TPSA) is 71.5 Å². The number of ether oxygens (including phenoxy) is 1. The van der Waals surface area contributed by atoms with Crippen LogP contribution in [0.3, 0.4) is 0 Å². The van der Waals surface area contributed by atoms with Crippen LogP contribution in [0.2, 0.25) is 0 Å². The normalized spacial score (nSPS) is 13.8. The number of pyridine rings is 1. The molecule has 1 aromatic carbocycles. The monoisotopic (exact) mass is 339 g/mol. The molecule has 1 N–H and O–H groups in total. The molecule has 0 unspecified atom stereocenters. The van der Waals surface area contributed by atoms with Gasteiger partial charge in [-0.3, -0.25) is 4.98 Å². The second-order valence-electron chi connectivity index (χ2n) is 6.31. The van der Waals surface area contributed by atoms with Crippen LogP contribution in [-0.2, 0) is 17.8 Å². The summed E-state index contributed by atoms with van der Waals surface area (Å²) < 4.78 is 4.98. The minimum atomic E-state index is -0.315. The maximum absolute atomic E-state index is 12.5. The third kappa shape index (κ3) is 3.63. The maximum atomic E-state index is 12.5. The number of hydrogen-bond acceptors (Lipinski definition) is 4. The third-order valence-corrected chi connectivity index (χ3v) is 4.52. The van der Waals surface area contributed by atoms with Gasteiger partial charge in [0.1, 0.15) is 6.61 Å². The number of carbonyl (C=O) groups is 2. The molecule has 0 aliphatic carbocycles. The van der Waals surface area contributed by atoms with Crippen molar-refractivity contribution in [3.63, 3.8) is 0 Å².